The molecule has 0 aromatic heterocycles. The molecule has 0 aliphatic carbocycles. The van der Waals surface area contributed by atoms with Crippen LogP contribution in [0.5, 0.6) is 0 Å². The second kappa shape index (κ2) is 26.4. The monoisotopic (exact) mass is 337 g/mol. The van der Waals surface area contributed by atoms with Gasteiger partial charge in [0.05, 0.1) is 0 Å². The standard InChI is InChI=1S/Ce.3ClH.Y/h;3*1H;. The van der Waals surface area contributed by atoms with Gasteiger partial charge in [0.15, 0.2) is 0 Å². The molecular weight excluding hydrogens is 335 g/mol. The molecule has 0 spiro atoms. The zero-order valence-corrected chi connectivity index (χ0v) is 10.7. The summed E-state index contributed by atoms with van der Waals surface area (Å²) in [6, 6.07) is 0. The molecule has 0 atom stereocenters. The largest absolute Gasteiger partial charge is 0.147 e. The molecule has 0 aliphatic heterocycles. The molecule has 0 fully saturated rings. The van der Waals surface area contributed by atoms with E-state index in [9.17, 15) is 0 Å². The van der Waals surface area contributed by atoms with E-state index >= 15 is 0 Å². The normalized spacial score (nSPS) is 0. The van der Waals surface area contributed by atoms with Gasteiger partial charge in [-0.1, -0.05) is 0 Å². The third kappa shape index (κ3) is 18.7. The Morgan fingerprint density at radius 3 is 0.600 bits per heavy atom. The first kappa shape index (κ1) is 40.2. The number of hydrogen-bond acceptors (Lipinski definition) is 0. The van der Waals surface area contributed by atoms with Gasteiger partial charge < -0.3 is 0 Å². The van der Waals surface area contributed by atoms with Crippen LogP contribution in [-0.4, -0.2) is 0 Å². The maximum atomic E-state index is 0. The van der Waals surface area contributed by atoms with E-state index in [1.54, 1.807) is 0 Å². The van der Waals surface area contributed by atoms with E-state index in [4.69, 9.17) is 0 Å². The molecule has 0 N–H and O–H groups in total. The first-order chi connectivity index (χ1) is 0. The van der Waals surface area contributed by atoms with Gasteiger partial charge in [0, 0.05) is 74.5 Å². The van der Waals surface area contributed by atoms with Gasteiger partial charge in [0.1, 0.15) is 0 Å². The van der Waals surface area contributed by atoms with Crippen molar-refractivity contribution in [1.29, 1.82) is 0 Å². The van der Waals surface area contributed by atoms with E-state index in [1.165, 1.54) is 0 Å². The van der Waals surface area contributed by atoms with Crippen LogP contribution < -0.4 is 0 Å². The summed E-state index contributed by atoms with van der Waals surface area (Å²) in [7, 11) is 0. The van der Waals surface area contributed by atoms with Crippen molar-refractivity contribution in [3.8, 4) is 0 Å². The van der Waals surface area contributed by atoms with Crippen LogP contribution in [0, 0.1) is 41.7 Å². The van der Waals surface area contributed by atoms with E-state index in [0.29, 0.717) is 0 Å². The van der Waals surface area contributed by atoms with E-state index < -0.39 is 0 Å². The summed E-state index contributed by atoms with van der Waals surface area (Å²) < 4.78 is 0. The van der Waals surface area contributed by atoms with Crippen LogP contribution >= 0.6 is 37.2 Å². The number of hydrogen-bond donors (Lipinski definition) is 0. The Bertz CT molecular complexity index is 6.85. The molecule has 0 nitrogen and oxygen atoms in total. The average Bonchev–Trinajstić information content (AvgIpc) is 0. The molecule has 0 saturated carbocycles. The van der Waals surface area contributed by atoms with Crippen LogP contribution in [0.3, 0.4) is 0 Å². The van der Waals surface area contributed by atoms with Gasteiger partial charge in [-0.3, -0.25) is 0 Å². The number of halogens is 3. The van der Waals surface area contributed by atoms with Crippen LogP contribution in [0.4, 0.5) is 0 Å². The molecule has 0 aromatic carbocycles. The molecule has 0 unspecified atom stereocenters. The van der Waals surface area contributed by atoms with Gasteiger partial charge in [0.2, 0.25) is 0 Å². The molecule has 0 heterocycles. The van der Waals surface area contributed by atoms with Gasteiger partial charge in [-0.15, -0.1) is 37.2 Å². The third-order valence-corrected chi connectivity index (χ3v) is 0. The zero-order chi connectivity index (χ0) is 0. The van der Waals surface area contributed by atoms with E-state index in [2.05, 4.69) is 0 Å². The van der Waals surface area contributed by atoms with Gasteiger partial charge in [0.25, 0.3) is 0 Å². The Labute approximate surface area is 109 Å². The van der Waals surface area contributed by atoms with Crippen LogP contribution in [0.1, 0.15) is 0 Å². The first-order valence-electron chi connectivity index (χ1n) is 0. The third-order valence-electron chi connectivity index (χ3n) is 0. The van der Waals surface area contributed by atoms with Crippen molar-refractivity contribution in [3.05, 3.63) is 0 Å². The summed E-state index contributed by atoms with van der Waals surface area (Å²) >= 11 is 0. The quantitative estimate of drug-likeness (QED) is 0.624. The van der Waals surface area contributed by atoms with Gasteiger partial charge in [-0.05, 0) is 0 Å². The topological polar surface area (TPSA) is 0 Å². The Balaban J connectivity index is 0. The summed E-state index contributed by atoms with van der Waals surface area (Å²) in [6.07, 6.45) is 0. The Morgan fingerprint density at radius 1 is 0.600 bits per heavy atom. The minimum atomic E-state index is 0. The second-order valence-corrected chi connectivity index (χ2v) is 0. The fourth-order valence-electron chi connectivity index (χ4n) is 0. The van der Waals surface area contributed by atoms with Gasteiger partial charge in [-0.25, -0.2) is 0 Å². The Kier molecular flexibility index (Phi) is 212. The predicted molar refractivity (Wildman–Crippen MR) is 21.7 cm³/mol. The van der Waals surface area contributed by atoms with Crippen molar-refractivity contribution < 1.29 is 74.5 Å². The first-order valence-corrected chi connectivity index (χ1v) is 0. The Morgan fingerprint density at radius 2 is 0.600 bits per heavy atom. The van der Waals surface area contributed by atoms with E-state index in [1.807, 2.05) is 0 Å². The van der Waals surface area contributed by atoms with Crippen LogP contribution in [-0.2, 0) is 32.7 Å². The summed E-state index contributed by atoms with van der Waals surface area (Å²) in [5.41, 5.74) is 0. The zero-order valence-electron chi connectivity index (χ0n) is 2.30. The van der Waals surface area contributed by atoms with Crippen molar-refractivity contribution >= 4 is 37.2 Å². The molecule has 31 valence electrons. The molecule has 0 amide bonds. The summed E-state index contributed by atoms with van der Waals surface area (Å²) in [6.45, 7) is 0. The number of rotatable bonds is 0. The summed E-state index contributed by atoms with van der Waals surface area (Å²) in [5.74, 6) is 0. The second-order valence-electron chi connectivity index (χ2n) is 0. The molecule has 5 heteroatoms. The molecule has 0 aromatic rings. The maximum absolute atomic E-state index is 0. The summed E-state index contributed by atoms with van der Waals surface area (Å²) in [4.78, 5) is 0. The van der Waals surface area contributed by atoms with Crippen molar-refractivity contribution in [2.75, 3.05) is 0 Å². The predicted octanol–water partition coefficient (Wildman–Crippen LogP) is 1.26. The van der Waals surface area contributed by atoms with Gasteiger partial charge >= 0.3 is 0 Å². The summed E-state index contributed by atoms with van der Waals surface area (Å²) in [5, 5.41) is 0. The van der Waals surface area contributed by atoms with Crippen LogP contribution in [0.15, 0.2) is 0 Å². The van der Waals surface area contributed by atoms with Crippen LogP contribution in [0.25, 0.3) is 0 Å². The van der Waals surface area contributed by atoms with Crippen molar-refractivity contribution in [3.63, 3.8) is 0 Å². The fourth-order valence-corrected chi connectivity index (χ4v) is 0. The fraction of sp³-hybridized carbons (Fsp3) is 0. The molecular formula is H3CeCl3Y. The molecule has 0 bridgehead atoms. The van der Waals surface area contributed by atoms with Crippen molar-refractivity contribution in [2.24, 2.45) is 0 Å². The van der Waals surface area contributed by atoms with E-state index in [-0.39, 0.29) is 112 Å². The molecule has 5 heavy (non-hydrogen) atoms. The van der Waals surface area contributed by atoms with Crippen LogP contribution in [0.2, 0.25) is 0 Å². The SMILES string of the molecule is Cl.Cl.Cl.[Ce].[Y]. The molecule has 0 rings (SSSR count). The minimum absolute atomic E-state index is 0. The van der Waals surface area contributed by atoms with Gasteiger partial charge in [-0.2, -0.15) is 0 Å². The minimum Gasteiger partial charge on any atom is -0.147 e. The Hall–Kier alpha value is 3.35. The molecule has 0 aliphatic rings. The average molecular weight is 338 g/mol. The van der Waals surface area contributed by atoms with Crippen molar-refractivity contribution in [2.45, 2.75) is 0 Å². The van der Waals surface area contributed by atoms with Crippen molar-refractivity contribution in [1.82, 2.24) is 0 Å². The molecule has 1 radical (unpaired) electrons. The van der Waals surface area contributed by atoms with E-state index in [0.717, 1.165) is 0 Å². The maximum Gasteiger partial charge on any atom is 0 e. The smallest absolute Gasteiger partial charge is 0 e. The molecule has 0 saturated heterocycles.